The van der Waals surface area contributed by atoms with Crippen molar-refractivity contribution in [2.45, 2.75) is 0 Å². The molecule has 0 saturated heterocycles. The van der Waals surface area contributed by atoms with Crippen LogP contribution in [0.25, 0.3) is 0 Å². The van der Waals surface area contributed by atoms with Crippen molar-refractivity contribution in [2.24, 2.45) is 0 Å². The molecule has 1 N–H and O–H groups in total. The van der Waals surface area contributed by atoms with Gasteiger partial charge < -0.3 is 4.74 Å². The molecule has 0 atom stereocenters. The Kier molecular flexibility index (Phi) is 3.66. The van der Waals surface area contributed by atoms with Crippen LogP contribution in [0.15, 0.2) is 18.2 Å². The van der Waals surface area contributed by atoms with E-state index in [4.69, 9.17) is 27.9 Å². The van der Waals surface area contributed by atoms with Crippen molar-refractivity contribution in [3.05, 3.63) is 28.2 Å². The molecule has 0 aliphatic rings. The van der Waals surface area contributed by atoms with E-state index in [0.717, 1.165) is 0 Å². The van der Waals surface area contributed by atoms with Crippen LogP contribution in [-0.4, -0.2) is 13.8 Å². The van der Waals surface area contributed by atoms with Gasteiger partial charge in [0.1, 0.15) is 12.5 Å². The average molecular weight is 206 g/mol. The van der Waals surface area contributed by atoms with Gasteiger partial charge in [0.2, 0.25) is 0 Å². The first kappa shape index (κ1) is 9.65. The standard InChI is InChI=1S/C8H9Cl2NO/c1-11-5-12-8-3-2-6(9)4-7(8)10/h2-4,11H,5H2,1H3. The Morgan fingerprint density at radius 1 is 1.42 bits per heavy atom. The summed E-state index contributed by atoms with van der Waals surface area (Å²) in [6.45, 7) is 0.432. The van der Waals surface area contributed by atoms with Gasteiger partial charge in [-0.15, -0.1) is 0 Å². The van der Waals surface area contributed by atoms with Crippen molar-refractivity contribution in [1.29, 1.82) is 0 Å². The Morgan fingerprint density at radius 2 is 2.17 bits per heavy atom. The van der Waals surface area contributed by atoms with Gasteiger partial charge in [0, 0.05) is 5.02 Å². The van der Waals surface area contributed by atoms with Gasteiger partial charge in [-0.3, -0.25) is 5.32 Å². The summed E-state index contributed by atoms with van der Waals surface area (Å²) in [5.41, 5.74) is 0. The third-order valence-electron chi connectivity index (χ3n) is 1.27. The Balaban J connectivity index is 2.72. The van der Waals surface area contributed by atoms with E-state index in [1.54, 1.807) is 25.2 Å². The lowest BCUT2D eigenvalue weighted by Gasteiger charge is -2.06. The summed E-state index contributed by atoms with van der Waals surface area (Å²) in [7, 11) is 1.80. The molecule has 0 aromatic heterocycles. The lowest BCUT2D eigenvalue weighted by molar-refractivity contribution is 0.296. The van der Waals surface area contributed by atoms with Crippen LogP contribution >= 0.6 is 23.2 Å². The van der Waals surface area contributed by atoms with E-state index in [-0.39, 0.29) is 0 Å². The molecule has 0 saturated carbocycles. The van der Waals surface area contributed by atoms with Gasteiger partial charge in [-0.25, -0.2) is 0 Å². The van der Waals surface area contributed by atoms with Gasteiger partial charge in [-0.1, -0.05) is 23.2 Å². The van der Waals surface area contributed by atoms with Gasteiger partial charge in [0.05, 0.1) is 5.02 Å². The van der Waals surface area contributed by atoms with Gasteiger partial charge in [0.15, 0.2) is 0 Å². The second-order valence-corrected chi connectivity index (χ2v) is 3.06. The van der Waals surface area contributed by atoms with Gasteiger partial charge in [0.25, 0.3) is 0 Å². The predicted octanol–water partition coefficient (Wildman–Crippen LogP) is 2.55. The van der Waals surface area contributed by atoms with Crippen LogP contribution in [0.1, 0.15) is 0 Å². The third-order valence-corrected chi connectivity index (χ3v) is 1.80. The van der Waals surface area contributed by atoms with Crippen LogP contribution in [0, 0.1) is 0 Å². The molecule has 4 heteroatoms. The minimum absolute atomic E-state index is 0.432. The summed E-state index contributed by atoms with van der Waals surface area (Å²) in [4.78, 5) is 0. The molecule has 2 nitrogen and oxygen atoms in total. The van der Waals surface area contributed by atoms with E-state index in [1.807, 2.05) is 0 Å². The quantitative estimate of drug-likeness (QED) is 0.767. The minimum Gasteiger partial charge on any atom is -0.477 e. The molecule has 0 bridgehead atoms. The smallest absolute Gasteiger partial charge is 0.140 e. The molecule has 1 rings (SSSR count). The van der Waals surface area contributed by atoms with E-state index in [0.29, 0.717) is 22.5 Å². The largest absolute Gasteiger partial charge is 0.477 e. The zero-order valence-corrected chi connectivity index (χ0v) is 8.12. The zero-order valence-electron chi connectivity index (χ0n) is 6.60. The van der Waals surface area contributed by atoms with Crippen LogP contribution in [0.5, 0.6) is 5.75 Å². The topological polar surface area (TPSA) is 21.3 Å². The average Bonchev–Trinajstić information content (AvgIpc) is 2.03. The molecule has 0 heterocycles. The Hall–Kier alpha value is -0.440. The number of nitrogens with one attached hydrogen (secondary N) is 1. The SMILES string of the molecule is CNCOc1ccc(Cl)cc1Cl. The molecular formula is C8H9Cl2NO. The van der Waals surface area contributed by atoms with Crippen molar-refractivity contribution in [1.82, 2.24) is 5.32 Å². The van der Waals surface area contributed by atoms with Crippen molar-refractivity contribution in [2.75, 3.05) is 13.8 Å². The van der Waals surface area contributed by atoms with Crippen molar-refractivity contribution in [3.8, 4) is 5.75 Å². The molecule has 0 spiro atoms. The van der Waals surface area contributed by atoms with Crippen LogP contribution < -0.4 is 10.1 Å². The first-order valence-electron chi connectivity index (χ1n) is 3.46. The molecule has 0 aliphatic heterocycles. The molecule has 12 heavy (non-hydrogen) atoms. The highest BCUT2D eigenvalue weighted by Gasteiger charge is 2.00. The summed E-state index contributed by atoms with van der Waals surface area (Å²) < 4.78 is 5.24. The molecule has 1 aromatic rings. The number of hydrogen-bond acceptors (Lipinski definition) is 2. The molecule has 0 amide bonds. The highest BCUT2D eigenvalue weighted by molar-refractivity contribution is 6.35. The molecule has 0 fully saturated rings. The Bertz CT molecular complexity index is 265. The molecule has 0 aliphatic carbocycles. The summed E-state index contributed by atoms with van der Waals surface area (Å²) in [6, 6.07) is 5.12. The van der Waals surface area contributed by atoms with Crippen molar-refractivity contribution >= 4 is 23.2 Å². The second kappa shape index (κ2) is 4.55. The predicted molar refractivity (Wildman–Crippen MR) is 51.0 cm³/mol. The third kappa shape index (κ3) is 2.55. The number of hydrogen-bond donors (Lipinski definition) is 1. The maximum atomic E-state index is 5.83. The highest BCUT2D eigenvalue weighted by atomic mass is 35.5. The molecule has 1 aromatic carbocycles. The molecule has 0 unspecified atom stereocenters. The maximum Gasteiger partial charge on any atom is 0.140 e. The number of rotatable bonds is 3. The summed E-state index contributed by atoms with van der Waals surface area (Å²) in [5.74, 6) is 0.635. The molecular weight excluding hydrogens is 197 g/mol. The molecule has 66 valence electrons. The maximum absolute atomic E-state index is 5.83. The highest BCUT2D eigenvalue weighted by Crippen LogP contribution is 2.26. The monoisotopic (exact) mass is 205 g/mol. The van der Waals surface area contributed by atoms with Gasteiger partial charge in [-0.2, -0.15) is 0 Å². The van der Waals surface area contributed by atoms with Crippen LogP contribution in [0.2, 0.25) is 10.0 Å². The van der Waals surface area contributed by atoms with Gasteiger partial charge in [-0.05, 0) is 25.2 Å². The first-order chi connectivity index (χ1) is 5.74. The van der Waals surface area contributed by atoms with E-state index in [9.17, 15) is 0 Å². The van der Waals surface area contributed by atoms with Crippen molar-refractivity contribution < 1.29 is 4.74 Å². The Morgan fingerprint density at radius 3 is 2.75 bits per heavy atom. The lowest BCUT2D eigenvalue weighted by atomic mass is 10.3. The molecule has 0 radical (unpaired) electrons. The zero-order chi connectivity index (χ0) is 8.97. The normalized spacial score (nSPS) is 9.92. The summed E-state index contributed by atoms with van der Waals surface area (Å²) >= 11 is 11.5. The number of halogens is 2. The number of benzene rings is 1. The fraction of sp³-hybridized carbons (Fsp3) is 0.250. The van der Waals surface area contributed by atoms with Crippen LogP contribution in [0.3, 0.4) is 0 Å². The van der Waals surface area contributed by atoms with Crippen LogP contribution in [-0.2, 0) is 0 Å². The van der Waals surface area contributed by atoms with Crippen molar-refractivity contribution in [3.63, 3.8) is 0 Å². The lowest BCUT2D eigenvalue weighted by Crippen LogP contribution is -2.14. The van der Waals surface area contributed by atoms with E-state index >= 15 is 0 Å². The Labute approximate surface area is 81.4 Å². The first-order valence-corrected chi connectivity index (χ1v) is 4.22. The summed E-state index contributed by atoms with van der Waals surface area (Å²) in [6.07, 6.45) is 0. The summed E-state index contributed by atoms with van der Waals surface area (Å²) in [5, 5.41) is 3.98. The van der Waals surface area contributed by atoms with Crippen LogP contribution in [0.4, 0.5) is 0 Å². The van der Waals surface area contributed by atoms with Gasteiger partial charge >= 0.3 is 0 Å². The number of ether oxygens (including phenoxy) is 1. The van der Waals surface area contributed by atoms with E-state index < -0.39 is 0 Å². The second-order valence-electron chi connectivity index (χ2n) is 2.22. The fourth-order valence-electron chi connectivity index (χ4n) is 0.742. The minimum atomic E-state index is 0.432. The fourth-order valence-corrected chi connectivity index (χ4v) is 1.21. The van der Waals surface area contributed by atoms with E-state index in [1.165, 1.54) is 0 Å². The van der Waals surface area contributed by atoms with E-state index in [2.05, 4.69) is 5.32 Å².